The van der Waals surface area contributed by atoms with Gasteiger partial charge >= 0.3 is 0 Å². The minimum absolute atomic E-state index is 0.204. The minimum Gasteiger partial charge on any atom is -0.497 e. The second-order valence-electron chi connectivity index (χ2n) is 3.51. The molecule has 6 heteroatoms. The Labute approximate surface area is 107 Å². The number of nitrogens with zero attached hydrogens (tertiary/aromatic N) is 1. The normalized spacial score (nSPS) is 10.9. The molecule has 0 saturated carbocycles. The smallest absolute Gasteiger partial charge is 0.281 e. The molecule has 0 saturated heterocycles. The summed E-state index contributed by atoms with van der Waals surface area (Å²) in [7, 11) is 1.55. The lowest BCUT2D eigenvalue weighted by atomic mass is 10.2. The van der Waals surface area contributed by atoms with Crippen molar-refractivity contribution in [2.75, 3.05) is 7.11 Å². The van der Waals surface area contributed by atoms with Crippen LogP contribution in [0.1, 0.15) is 17.0 Å². The number of ether oxygens (including phenoxy) is 1. The molecule has 0 aliphatic rings. The maximum atomic E-state index is 12.7. The first kappa shape index (κ1) is 12.9. The number of aromatic nitrogens is 1. The predicted octanol–water partition coefficient (Wildman–Crippen LogP) is 3.25. The number of aliphatic hydroxyl groups is 1. The number of thiazole rings is 1. The molecule has 0 spiro atoms. The van der Waals surface area contributed by atoms with E-state index in [1.165, 1.54) is 0 Å². The van der Waals surface area contributed by atoms with E-state index in [2.05, 4.69) is 4.98 Å². The van der Waals surface area contributed by atoms with Gasteiger partial charge in [-0.2, -0.15) is 0 Å². The van der Waals surface area contributed by atoms with Gasteiger partial charge in [-0.3, -0.25) is 0 Å². The molecule has 1 aromatic heterocycles. The third-order valence-electron chi connectivity index (χ3n) is 2.41. The first-order valence-corrected chi connectivity index (χ1v) is 6.00. The summed E-state index contributed by atoms with van der Waals surface area (Å²) in [5.41, 5.74) is 0.385. The van der Waals surface area contributed by atoms with Crippen LogP contribution in [0.3, 0.4) is 0 Å². The van der Waals surface area contributed by atoms with E-state index in [0.717, 1.165) is 16.9 Å². The molecular formula is C12H11F2NO2S. The Balaban J connectivity index is 2.37. The van der Waals surface area contributed by atoms with E-state index in [4.69, 9.17) is 9.84 Å². The summed E-state index contributed by atoms with van der Waals surface area (Å²) in [4.78, 5) is 4.08. The molecule has 2 rings (SSSR count). The number of halogens is 2. The van der Waals surface area contributed by atoms with Crippen molar-refractivity contribution in [1.82, 2.24) is 4.98 Å². The zero-order valence-electron chi connectivity index (χ0n) is 9.56. The van der Waals surface area contributed by atoms with E-state index >= 15 is 0 Å². The highest BCUT2D eigenvalue weighted by atomic mass is 32.1. The number of hydrogen-bond donors (Lipinski definition) is 1. The molecule has 0 aliphatic heterocycles. The van der Waals surface area contributed by atoms with Crippen LogP contribution in [0.15, 0.2) is 24.3 Å². The highest BCUT2D eigenvalue weighted by Gasteiger charge is 2.19. The van der Waals surface area contributed by atoms with Crippen molar-refractivity contribution < 1.29 is 18.6 Å². The molecule has 0 unspecified atom stereocenters. The largest absolute Gasteiger partial charge is 0.497 e. The molecule has 0 bridgehead atoms. The third-order valence-corrected chi connectivity index (χ3v) is 3.52. The van der Waals surface area contributed by atoms with Crippen LogP contribution in [0, 0.1) is 0 Å². The van der Waals surface area contributed by atoms with Gasteiger partial charge < -0.3 is 9.84 Å². The Hall–Kier alpha value is -1.53. The average Bonchev–Trinajstić information content (AvgIpc) is 2.83. The Bertz CT molecular complexity index is 525. The second kappa shape index (κ2) is 5.41. The molecular weight excluding hydrogens is 260 g/mol. The molecule has 1 heterocycles. The van der Waals surface area contributed by atoms with Gasteiger partial charge in [0.05, 0.1) is 18.6 Å². The number of methoxy groups -OCH3 is 1. The number of rotatable bonds is 4. The molecule has 0 amide bonds. The summed E-state index contributed by atoms with van der Waals surface area (Å²) in [6.07, 6.45) is -2.67. The molecule has 18 heavy (non-hydrogen) atoms. The quantitative estimate of drug-likeness (QED) is 0.928. The molecule has 96 valence electrons. The Morgan fingerprint density at radius 2 is 2.00 bits per heavy atom. The van der Waals surface area contributed by atoms with Gasteiger partial charge in [-0.15, -0.1) is 11.3 Å². The van der Waals surface area contributed by atoms with Crippen molar-refractivity contribution >= 4 is 11.3 Å². The monoisotopic (exact) mass is 271 g/mol. The SMILES string of the molecule is COc1ccc(-c2nc(C(F)F)c(CO)s2)cc1. The summed E-state index contributed by atoms with van der Waals surface area (Å²) in [5, 5.41) is 9.50. The lowest BCUT2D eigenvalue weighted by Gasteiger charge is -2.00. The topological polar surface area (TPSA) is 42.4 Å². The van der Waals surface area contributed by atoms with Crippen LogP contribution in [-0.4, -0.2) is 17.2 Å². The van der Waals surface area contributed by atoms with Crippen molar-refractivity contribution in [3.05, 3.63) is 34.8 Å². The zero-order chi connectivity index (χ0) is 13.1. The summed E-state index contributed by atoms with van der Waals surface area (Å²) in [6.45, 7) is -0.423. The molecule has 0 radical (unpaired) electrons. The van der Waals surface area contributed by atoms with Crippen LogP contribution < -0.4 is 4.74 Å². The first-order valence-electron chi connectivity index (χ1n) is 5.18. The lowest BCUT2D eigenvalue weighted by molar-refractivity contribution is 0.143. The van der Waals surface area contributed by atoms with Gasteiger partial charge in [0.25, 0.3) is 6.43 Å². The molecule has 1 aromatic carbocycles. The standard InChI is InChI=1S/C12H11F2NO2S/c1-17-8-4-2-7(3-5-8)12-15-10(11(13)14)9(6-16)18-12/h2-5,11,16H,6H2,1H3. The highest BCUT2D eigenvalue weighted by Crippen LogP contribution is 2.33. The Kier molecular flexibility index (Phi) is 3.88. The molecule has 2 aromatic rings. The number of benzene rings is 1. The van der Waals surface area contributed by atoms with Gasteiger partial charge in [0.1, 0.15) is 16.5 Å². The van der Waals surface area contributed by atoms with Crippen LogP contribution in [0.2, 0.25) is 0 Å². The number of aliphatic hydroxyl groups excluding tert-OH is 1. The van der Waals surface area contributed by atoms with Crippen LogP contribution in [0.4, 0.5) is 8.78 Å². The molecule has 3 nitrogen and oxygen atoms in total. The number of alkyl halides is 2. The van der Waals surface area contributed by atoms with E-state index in [1.54, 1.807) is 31.4 Å². The van der Waals surface area contributed by atoms with Gasteiger partial charge in [-0.1, -0.05) is 0 Å². The van der Waals surface area contributed by atoms with Crippen molar-refractivity contribution in [3.63, 3.8) is 0 Å². The maximum absolute atomic E-state index is 12.7. The summed E-state index contributed by atoms with van der Waals surface area (Å²) in [6, 6.07) is 6.96. The summed E-state index contributed by atoms with van der Waals surface area (Å²) >= 11 is 1.07. The lowest BCUT2D eigenvalue weighted by Crippen LogP contribution is -1.90. The van der Waals surface area contributed by atoms with E-state index in [0.29, 0.717) is 10.8 Å². The molecule has 0 fully saturated rings. The van der Waals surface area contributed by atoms with Crippen molar-refractivity contribution in [3.8, 4) is 16.3 Å². The van der Waals surface area contributed by atoms with Crippen LogP contribution in [0.5, 0.6) is 5.75 Å². The number of hydrogen-bond acceptors (Lipinski definition) is 4. The van der Waals surface area contributed by atoms with Gasteiger partial charge in [-0.05, 0) is 24.3 Å². The van der Waals surface area contributed by atoms with Crippen LogP contribution in [-0.2, 0) is 6.61 Å². The third kappa shape index (κ3) is 2.49. The predicted molar refractivity (Wildman–Crippen MR) is 65.0 cm³/mol. The second-order valence-corrected chi connectivity index (χ2v) is 4.60. The molecule has 1 N–H and O–H groups in total. The van der Waals surface area contributed by atoms with Gasteiger partial charge in [0.2, 0.25) is 0 Å². The maximum Gasteiger partial charge on any atom is 0.281 e. The van der Waals surface area contributed by atoms with Crippen molar-refractivity contribution in [2.45, 2.75) is 13.0 Å². The Morgan fingerprint density at radius 3 is 2.44 bits per heavy atom. The summed E-state index contributed by atoms with van der Waals surface area (Å²) < 4.78 is 30.4. The fraction of sp³-hybridized carbons (Fsp3) is 0.250. The molecule has 0 aliphatic carbocycles. The fourth-order valence-corrected chi connectivity index (χ4v) is 2.44. The highest BCUT2D eigenvalue weighted by molar-refractivity contribution is 7.15. The van der Waals surface area contributed by atoms with E-state index < -0.39 is 13.0 Å². The first-order chi connectivity index (χ1) is 8.65. The molecule has 0 atom stereocenters. The van der Waals surface area contributed by atoms with E-state index in [1.807, 2.05) is 0 Å². The van der Waals surface area contributed by atoms with E-state index in [9.17, 15) is 8.78 Å². The van der Waals surface area contributed by atoms with Gasteiger partial charge in [0.15, 0.2) is 0 Å². The van der Waals surface area contributed by atoms with Crippen LogP contribution in [0.25, 0.3) is 10.6 Å². The van der Waals surface area contributed by atoms with Crippen LogP contribution >= 0.6 is 11.3 Å². The Morgan fingerprint density at radius 1 is 1.33 bits per heavy atom. The van der Waals surface area contributed by atoms with Gasteiger partial charge in [0, 0.05) is 5.56 Å². The zero-order valence-corrected chi connectivity index (χ0v) is 10.4. The van der Waals surface area contributed by atoms with Crippen molar-refractivity contribution in [2.24, 2.45) is 0 Å². The van der Waals surface area contributed by atoms with Gasteiger partial charge in [-0.25, -0.2) is 13.8 Å². The van der Waals surface area contributed by atoms with E-state index in [-0.39, 0.29) is 10.6 Å². The average molecular weight is 271 g/mol. The fourth-order valence-electron chi connectivity index (χ4n) is 1.50. The summed E-state index contributed by atoms with van der Waals surface area (Å²) in [5.74, 6) is 0.687. The van der Waals surface area contributed by atoms with Crippen molar-refractivity contribution in [1.29, 1.82) is 0 Å². The minimum atomic E-state index is -2.67.